The summed E-state index contributed by atoms with van der Waals surface area (Å²) < 4.78 is 14.0. The van der Waals surface area contributed by atoms with Crippen LogP contribution in [0.2, 0.25) is 0 Å². The van der Waals surface area contributed by atoms with E-state index in [9.17, 15) is 4.79 Å². The summed E-state index contributed by atoms with van der Waals surface area (Å²) in [5.41, 5.74) is 1.56. The first-order chi connectivity index (χ1) is 13.1. The quantitative estimate of drug-likeness (QED) is 0.827. The van der Waals surface area contributed by atoms with Gasteiger partial charge in [0.05, 0.1) is 24.4 Å². The zero-order chi connectivity index (χ0) is 18.9. The molecule has 0 unspecified atom stereocenters. The van der Waals surface area contributed by atoms with Gasteiger partial charge >= 0.3 is 0 Å². The van der Waals surface area contributed by atoms with Crippen LogP contribution in [0.15, 0.2) is 30.3 Å². The number of aromatic nitrogens is 3. The predicted molar refractivity (Wildman–Crippen MR) is 99.0 cm³/mol. The number of carbonyl (C=O) groups is 1. The van der Waals surface area contributed by atoms with Crippen molar-refractivity contribution < 1.29 is 14.3 Å². The van der Waals surface area contributed by atoms with Gasteiger partial charge in [-0.1, -0.05) is 37.3 Å². The summed E-state index contributed by atoms with van der Waals surface area (Å²) in [6.45, 7) is 6.93. The maximum Gasteiger partial charge on any atom is 0.225 e. The SMILES string of the molecule is CC(C)C(=O)N1CCC2(CC1)Cn1nnc(COc3ccccc3)c1CO2. The van der Waals surface area contributed by atoms with Crippen LogP contribution in [0.3, 0.4) is 0 Å². The molecule has 1 aromatic heterocycles. The first-order valence-corrected chi connectivity index (χ1v) is 9.58. The van der Waals surface area contributed by atoms with E-state index >= 15 is 0 Å². The molecule has 7 nitrogen and oxygen atoms in total. The minimum Gasteiger partial charge on any atom is -0.487 e. The van der Waals surface area contributed by atoms with Crippen molar-refractivity contribution in [2.24, 2.45) is 5.92 Å². The van der Waals surface area contributed by atoms with Crippen molar-refractivity contribution in [1.82, 2.24) is 19.9 Å². The van der Waals surface area contributed by atoms with Crippen molar-refractivity contribution in [3.8, 4) is 5.75 Å². The van der Waals surface area contributed by atoms with E-state index in [4.69, 9.17) is 9.47 Å². The Bertz CT molecular complexity index is 795. The van der Waals surface area contributed by atoms with E-state index in [1.807, 2.05) is 53.8 Å². The minimum absolute atomic E-state index is 0.0421. The van der Waals surface area contributed by atoms with Crippen LogP contribution >= 0.6 is 0 Å². The second-order valence-electron chi connectivity index (χ2n) is 7.69. The lowest BCUT2D eigenvalue weighted by Crippen LogP contribution is -2.52. The molecule has 1 saturated heterocycles. The molecule has 1 amide bonds. The summed E-state index contributed by atoms with van der Waals surface area (Å²) in [4.78, 5) is 14.2. The third kappa shape index (κ3) is 3.69. The lowest BCUT2D eigenvalue weighted by Gasteiger charge is -2.44. The van der Waals surface area contributed by atoms with Crippen LogP contribution in [-0.2, 0) is 29.3 Å². The lowest BCUT2D eigenvalue weighted by molar-refractivity contribution is -0.148. The molecule has 1 spiro atoms. The average molecular weight is 370 g/mol. The van der Waals surface area contributed by atoms with Gasteiger partial charge in [0, 0.05) is 19.0 Å². The molecule has 1 fully saturated rings. The highest BCUT2D eigenvalue weighted by atomic mass is 16.5. The molecule has 0 radical (unpaired) electrons. The zero-order valence-corrected chi connectivity index (χ0v) is 15.9. The number of piperidine rings is 1. The molecule has 3 heterocycles. The number of rotatable bonds is 4. The Balaban J connectivity index is 1.39. The molecule has 4 rings (SSSR count). The number of nitrogens with zero attached hydrogens (tertiary/aromatic N) is 4. The van der Waals surface area contributed by atoms with Gasteiger partial charge in [0.2, 0.25) is 5.91 Å². The third-order valence-electron chi connectivity index (χ3n) is 5.47. The molecular weight excluding hydrogens is 344 g/mol. The van der Waals surface area contributed by atoms with Crippen molar-refractivity contribution in [2.45, 2.75) is 52.0 Å². The van der Waals surface area contributed by atoms with Crippen LogP contribution in [0, 0.1) is 5.92 Å². The molecule has 144 valence electrons. The van der Waals surface area contributed by atoms with E-state index in [1.54, 1.807) is 0 Å². The monoisotopic (exact) mass is 370 g/mol. The average Bonchev–Trinajstić information content (AvgIpc) is 3.09. The van der Waals surface area contributed by atoms with Gasteiger partial charge in [0.15, 0.2) is 0 Å². The van der Waals surface area contributed by atoms with Crippen molar-refractivity contribution in [3.05, 3.63) is 41.7 Å². The van der Waals surface area contributed by atoms with Gasteiger partial charge in [-0.3, -0.25) is 4.79 Å². The molecule has 0 aliphatic carbocycles. The molecule has 0 atom stereocenters. The van der Waals surface area contributed by atoms with Crippen LogP contribution in [0.4, 0.5) is 0 Å². The summed E-state index contributed by atoms with van der Waals surface area (Å²) in [6, 6.07) is 9.69. The fraction of sp³-hybridized carbons (Fsp3) is 0.550. The van der Waals surface area contributed by atoms with E-state index < -0.39 is 0 Å². The highest BCUT2D eigenvalue weighted by Gasteiger charge is 2.41. The van der Waals surface area contributed by atoms with Gasteiger partial charge in [-0.25, -0.2) is 4.68 Å². The molecule has 0 bridgehead atoms. The highest BCUT2D eigenvalue weighted by molar-refractivity contribution is 5.78. The van der Waals surface area contributed by atoms with Gasteiger partial charge in [0.25, 0.3) is 0 Å². The van der Waals surface area contributed by atoms with Crippen LogP contribution < -0.4 is 4.74 Å². The minimum atomic E-state index is -0.244. The maximum atomic E-state index is 12.2. The molecule has 27 heavy (non-hydrogen) atoms. The summed E-state index contributed by atoms with van der Waals surface area (Å²) in [5, 5.41) is 8.63. The number of ether oxygens (including phenoxy) is 2. The van der Waals surface area contributed by atoms with Crippen LogP contribution in [0.5, 0.6) is 5.75 Å². The number of likely N-dealkylation sites (tertiary alicyclic amines) is 1. The summed E-state index contributed by atoms with van der Waals surface area (Å²) in [6.07, 6.45) is 1.67. The maximum absolute atomic E-state index is 12.2. The lowest BCUT2D eigenvalue weighted by atomic mass is 9.89. The van der Waals surface area contributed by atoms with Gasteiger partial charge in [-0.05, 0) is 25.0 Å². The van der Waals surface area contributed by atoms with E-state index in [1.165, 1.54) is 0 Å². The molecular formula is C20H26N4O3. The fourth-order valence-electron chi connectivity index (χ4n) is 3.78. The van der Waals surface area contributed by atoms with Crippen molar-refractivity contribution in [1.29, 1.82) is 0 Å². The second kappa shape index (κ2) is 7.31. The largest absolute Gasteiger partial charge is 0.487 e. The first kappa shape index (κ1) is 18.0. The summed E-state index contributed by atoms with van der Waals surface area (Å²) in [7, 11) is 0. The van der Waals surface area contributed by atoms with E-state index in [2.05, 4.69) is 10.3 Å². The topological polar surface area (TPSA) is 69.5 Å². The van der Waals surface area contributed by atoms with Gasteiger partial charge in [0.1, 0.15) is 18.1 Å². The summed E-state index contributed by atoms with van der Waals surface area (Å²) >= 11 is 0. The van der Waals surface area contributed by atoms with E-state index in [0.29, 0.717) is 19.8 Å². The highest BCUT2D eigenvalue weighted by Crippen LogP contribution is 2.34. The Morgan fingerprint density at radius 1 is 1.26 bits per heavy atom. The molecule has 0 N–H and O–H groups in total. The molecule has 1 aromatic carbocycles. The molecule has 7 heteroatoms. The number of hydrogen-bond acceptors (Lipinski definition) is 5. The van der Waals surface area contributed by atoms with Crippen LogP contribution in [0.1, 0.15) is 38.1 Å². The smallest absolute Gasteiger partial charge is 0.225 e. The van der Waals surface area contributed by atoms with E-state index in [-0.39, 0.29) is 17.4 Å². The second-order valence-corrected chi connectivity index (χ2v) is 7.69. The predicted octanol–water partition coefficient (Wildman–Crippen LogP) is 2.40. The Morgan fingerprint density at radius 2 is 2.00 bits per heavy atom. The number of benzene rings is 1. The number of amides is 1. The molecule has 0 saturated carbocycles. The first-order valence-electron chi connectivity index (χ1n) is 9.58. The Hall–Kier alpha value is -2.41. The zero-order valence-electron chi connectivity index (χ0n) is 15.9. The Morgan fingerprint density at radius 3 is 2.70 bits per heavy atom. The standard InChI is InChI=1S/C20H26N4O3/c1-15(2)19(25)23-10-8-20(9-11-23)14-24-18(13-27-20)17(21-22-24)12-26-16-6-4-3-5-7-16/h3-7,15H,8-14H2,1-2H3. The van der Waals surface area contributed by atoms with Crippen LogP contribution in [-0.4, -0.2) is 44.5 Å². The molecule has 2 aliphatic rings. The van der Waals surface area contributed by atoms with Gasteiger partial charge < -0.3 is 14.4 Å². The Labute approximate surface area is 159 Å². The number of hydrogen-bond donors (Lipinski definition) is 0. The normalized spacial score (nSPS) is 18.6. The number of fused-ring (bicyclic) bond motifs is 1. The van der Waals surface area contributed by atoms with E-state index in [0.717, 1.165) is 43.1 Å². The number of para-hydroxylation sites is 1. The van der Waals surface area contributed by atoms with Crippen LogP contribution in [0.25, 0.3) is 0 Å². The Kier molecular flexibility index (Phi) is 4.86. The molecule has 2 aliphatic heterocycles. The summed E-state index contributed by atoms with van der Waals surface area (Å²) in [5.74, 6) is 1.08. The number of carbonyl (C=O) groups excluding carboxylic acids is 1. The molecule has 2 aromatic rings. The van der Waals surface area contributed by atoms with Crippen molar-refractivity contribution in [2.75, 3.05) is 13.1 Å². The third-order valence-corrected chi connectivity index (χ3v) is 5.47. The van der Waals surface area contributed by atoms with Crippen molar-refractivity contribution >= 4 is 5.91 Å². The van der Waals surface area contributed by atoms with Crippen molar-refractivity contribution in [3.63, 3.8) is 0 Å². The van der Waals surface area contributed by atoms with Gasteiger partial charge in [-0.15, -0.1) is 5.10 Å². The van der Waals surface area contributed by atoms with Gasteiger partial charge in [-0.2, -0.15) is 0 Å². The fourth-order valence-corrected chi connectivity index (χ4v) is 3.78.